The van der Waals surface area contributed by atoms with E-state index >= 15 is 0 Å². The lowest BCUT2D eigenvalue weighted by Crippen LogP contribution is -2.38. The molecule has 96 heavy (non-hydrogen) atoms. The van der Waals surface area contributed by atoms with Crippen molar-refractivity contribution >= 4 is 41.4 Å². The zero-order valence-corrected chi connectivity index (χ0v) is 58.6. The molecule has 0 aliphatic heterocycles. The number of amides is 4. The third-order valence-corrected chi connectivity index (χ3v) is 11.5. The SMILES string of the molecule is CC(C)(C)OC(=O)CCCOCCOCCNC(=O)CCOCCOCCOCCOCCC(=O)CCCOCCOCCNC(=O)OC(C)(C)C.CCCOCCOCCNC(=O)CCOCCOCCOCCOCCC(=O)CCCOCCOCCNC(=O)C(F)(F)F. The molecule has 0 aliphatic rings. The second-order valence-electron chi connectivity index (χ2n) is 22.7. The van der Waals surface area contributed by atoms with Crippen LogP contribution in [0.4, 0.5) is 18.0 Å². The molecule has 0 unspecified atom stereocenters. The van der Waals surface area contributed by atoms with E-state index in [1.165, 1.54) is 0 Å². The van der Waals surface area contributed by atoms with Crippen LogP contribution in [0.2, 0.25) is 0 Å². The molecule has 0 fully saturated rings. The van der Waals surface area contributed by atoms with E-state index < -0.39 is 29.4 Å². The smallest absolute Gasteiger partial charge is 0.460 e. The Hall–Kier alpha value is -4.36. The van der Waals surface area contributed by atoms with Gasteiger partial charge in [-0.05, 0) is 67.2 Å². The zero-order valence-electron chi connectivity index (χ0n) is 58.6. The molecule has 29 nitrogen and oxygen atoms in total. The highest BCUT2D eigenvalue weighted by molar-refractivity contribution is 5.81. The summed E-state index contributed by atoms with van der Waals surface area (Å²) >= 11 is 0. The maximum atomic E-state index is 12.0. The van der Waals surface area contributed by atoms with Gasteiger partial charge in [-0.3, -0.25) is 28.8 Å². The number of carbonyl (C=O) groups is 7. The molecule has 0 heterocycles. The number of hydrogen-bond donors (Lipinski definition) is 4. The summed E-state index contributed by atoms with van der Waals surface area (Å²) in [5.74, 6) is -2.26. The number of esters is 1. The Morgan fingerprint density at radius 2 is 0.542 bits per heavy atom. The molecule has 0 aliphatic carbocycles. The van der Waals surface area contributed by atoms with Crippen molar-refractivity contribution in [2.24, 2.45) is 0 Å². The van der Waals surface area contributed by atoms with E-state index in [0.717, 1.165) is 13.0 Å². The second kappa shape index (κ2) is 67.8. The fourth-order valence-corrected chi connectivity index (χ4v) is 6.94. The maximum absolute atomic E-state index is 12.0. The fraction of sp³-hybridized carbons (Fsp3) is 0.891. The number of nitrogens with one attached hydrogen (secondary N) is 4. The lowest BCUT2D eigenvalue weighted by Gasteiger charge is -2.19. The van der Waals surface area contributed by atoms with Crippen molar-refractivity contribution < 1.29 is 132 Å². The largest absolute Gasteiger partial charge is 0.471 e. The van der Waals surface area contributed by atoms with Gasteiger partial charge in [0, 0.05) is 97.6 Å². The zero-order chi connectivity index (χ0) is 71.3. The predicted octanol–water partition coefficient (Wildman–Crippen LogP) is 4.46. The van der Waals surface area contributed by atoms with Gasteiger partial charge in [-0.25, -0.2) is 4.79 Å². The molecule has 0 aromatic carbocycles. The van der Waals surface area contributed by atoms with E-state index in [0.29, 0.717) is 256 Å². The minimum atomic E-state index is -4.90. The first-order chi connectivity index (χ1) is 46.1. The molecule has 0 aromatic heterocycles. The Labute approximate surface area is 567 Å². The molecule has 566 valence electrons. The number of rotatable bonds is 68. The quantitative estimate of drug-likeness (QED) is 0.0482. The average molecular weight is 1400 g/mol. The van der Waals surface area contributed by atoms with Gasteiger partial charge in [0.1, 0.15) is 22.8 Å². The van der Waals surface area contributed by atoms with Crippen molar-refractivity contribution in [3.8, 4) is 0 Å². The van der Waals surface area contributed by atoms with Gasteiger partial charge < -0.3 is 107 Å². The molecular formula is C64H119F3N4O25. The average Bonchev–Trinajstić information content (AvgIpc) is 2.59. The summed E-state index contributed by atoms with van der Waals surface area (Å²) in [6.07, 6.45) is -0.356. The van der Waals surface area contributed by atoms with Gasteiger partial charge in [0.05, 0.1) is 185 Å². The van der Waals surface area contributed by atoms with E-state index in [2.05, 4.69) is 16.0 Å². The maximum Gasteiger partial charge on any atom is 0.471 e. The van der Waals surface area contributed by atoms with Crippen LogP contribution in [-0.4, -0.2) is 296 Å². The number of ketones is 2. The van der Waals surface area contributed by atoms with Crippen LogP contribution in [-0.2, 0) is 114 Å². The molecule has 0 bridgehead atoms. The Balaban J connectivity index is 0. The molecular weight excluding hydrogens is 1280 g/mol. The normalized spacial score (nSPS) is 11.6. The van der Waals surface area contributed by atoms with Gasteiger partial charge in [0.15, 0.2) is 0 Å². The number of halogens is 3. The van der Waals surface area contributed by atoms with Gasteiger partial charge >= 0.3 is 24.1 Å². The van der Waals surface area contributed by atoms with E-state index in [4.69, 9.17) is 85.3 Å². The molecule has 0 aromatic rings. The molecule has 0 saturated carbocycles. The summed E-state index contributed by atoms with van der Waals surface area (Å²) in [6.45, 7) is 26.2. The third kappa shape index (κ3) is 78.6. The Kier molecular flexibility index (Phi) is 66.2. The van der Waals surface area contributed by atoms with E-state index in [1.54, 1.807) is 26.1 Å². The van der Waals surface area contributed by atoms with E-state index in [1.807, 2.05) is 27.7 Å². The predicted molar refractivity (Wildman–Crippen MR) is 345 cm³/mol. The number of alkyl halides is 3. The van der Waals surface area contributed by atoms with Gasteiger partial charge in [-0.15, -0.1) is 0 Å². The van der Waals surface area contributed by atoms with Crippen molar-refractivity contribution in [2.45, 2.75) is 136 Å². The monoisotopic (exact) mass is 1400 g/mol. The number of alkyl carbamates (subject to hydrolysis) is 1. The lowest BCUT2D eigenvalue weighted by atomic mass is 10.2. The highest BCUT2D eigenvalue weighted by Gasteiger charge is 2.38. The van der Waals surface area contributed by atoms with Crippen LogP contribution in [0.15, 0.2) is 0 Å². The molecule has 4 amide bonds. The number of Topliss-reactive ketones (excluding diaryl/α,β-unsaturated/α-hetero) is 2. The van der Waals surface area contributed by atoms with Crippen molar-refractivity contribution in [1.82, 2.24) is 21.3 Å². The van der Waals surface area contributed by atoms with E-state index in [9.17, 15) is 46.7 Å². The summed E-state index contributed by atoms with van der Waals surface area (Å²) in [7, 11) is 0. The van der Waals surface area contributed by atoms with Gasteiger partial charge in [-0.2, -0.15) is 13.2 Å². The van der Waals surface area contributed by atoms with Crippen molar-refractivity contribution in [3.05, 3.63) is 0 Å². The first kappa shape index (κ1) is 93.7. The molecule has 0 atom stereocenters. The van der Waals surface area contributed by atoms with Crippen molar-refractivity contribution in [3.63, 3.8) is 0 Å². The minimum Gasteiger partial charge on any atom is -0.460 e. The Morgan fingerprint density at radius 3 is 0.854 bits per heavy atom. The van der Waals surface area contributed by atoms with Crippen LogP contribution in [0.3, 0.4) is 0 Å². The van der Waals surface area contributed by atoms with Crippen LogP contribution in [0.25, 0.3) is 0 Å². The molecule has 32 heteroatoms. The number of ether oxygens (including phenoxy) is 18. The van der Waals surface area contributed by atoms with Crippen LogP contribution < -0.4 is 21.3 Å². The topological polar surface area (TPSA) is 334 Å². The van der Waals surface area contributed by atoms with Crippen LogP contribution in [0.5, 0.6) is 0 Å². The molecule has 0 radical (unpaired) electrons. The third-order valence-electron chi connectivity index (χ3n) is 11.5. The van der Waals surface area contributed by atoms with Gasteiger partial charge in [0.2, 0.25) is 11.8 Å². The summed E-state index contributed by atoms with van der Waals surface area (Å²) in [5.41, 5.74) is -1.00. The number of carbonyl (C=O) groups excluding carboxylic acids is 7. The molecule has 0 spiro atoms. The van der Waals surface area contributed by atoms with Crippen LogP contribution in [0.1, 0.15) is 119 Å². The first-order valence-electron chi connectivity index (χ1n) is 33.4. The highest BCUT2D eigenvalue weighted by Crippen LogP contribution is 2.14. The van der Waals surface area contributed by atoms with Gasteiger partial charge in [-0.1, -0.05) is 6.92 Å². The van der Waals surface area contributed by atoms with Crippen molar-refractivity contribution in [2.75, 3.05) is 238 Å². The second-order valence-corrected chi connectivity index (χ2v) is 22.7. The summed E-state index contributed by atoms with van der Waals surface area (Å²) in [6, 6.07) is 0. The molecule has 0 saturated heterocycles. The Bertz CT molecular complexity index is 1800. The minimum absolute atomic E-state index is 0.0523. The van der Waals surface area contributed by atoms with Crippen LogP contribution in [0, 0.1) is 0 Å². The van der Waals surface area contributed by atoms with Gasteiger partial charge in [0.25, 0.3) is 0 Å². The highest BCUT2D eigenvalue weighted by atomic mass is 19.4. The van der Waals surface area contributed by atoms with Crippen molar-refractivity contribution in [1.29, 1.82) is 0 Å². The molecule has 4 N–H and O–H groups in total. The molecule has 0 rings (SSSR count). The number of hydrogen-bond acceptors (Lipinski definition) is 25. The fourth-order valence-electron chi connectivity index (χ4n) is 6.94. The summed E-state index contributed by atoms with van der Waals surface area (Å²) in [5, 5.41) is 9.85. The summed E-state index contributed by atoms with van der Waals surface area (Å²) < 4.78 is 132. The first-order valence-corrected chi connectivity index (χ1v) is 33.4. The Morgan fingerprint density at radius 1 is 0.281 bits per heavy atom. The standard InChI is InChI=1S/C36H68N2O14.C28H51F3N2O11/c1-35(2,3)51-33(41)10-8-16-44-22-25-47-19-13-37-32(40)12-18-46-24-28-50-30-29-49-27-23-45-17-11-31(39)9-7-15-43-21-26-48-20-14-38-34(42)52-36(4,5)6;1-2-9-37-15-19-41-13-7-32-26(35)6-12-40-18-22-44-24-23-43-21-17-39-11-5-25(34)4-3-10-38-16-20-42-14-8-33-27(36)28(29,30)31/h7-30H2,1-6H3,(H,37,40)(H,38,42);2-24H2,1H3,(H,32,35)(H,33,36). The van der Waals surface area contributed by atoms with E-state index in [-0.39, 0.29) is 68.6 Å². The van der Waals surface area contributed by atoms with Crippen LogP contribution >= 0.6 is 0 Å². The lowest BCUT2D eigenvalue weighted by molar-refractivity contribution is -0.173. The summed E-state index contributed by atoms with van der Waals surface area (Å²) in [4.78, 5) is 81.1.